The number of hydrogen-bond acceptors (Lipinski definition) is 3. The average molecular weight is 517 g/mol. The van der Waals surface area contributed by atoms with E-state index in [0.717, 1.165) is 22.3 Å². The number of hydrogen-bond donors (Lipinski definition) is 2. The lowest BCUT2D eigenvalue weighted by molar-refractivity contribution is 0.0954. The zero-order valence-corrected chi connectivity index (χ0v) is 19.3. The van der Waals surface area contributed by atoms with Crippen molar-refractivity contribution in [2.24, 2.45) is 4.99 Å². The van der Waals surface area contributed by atoms with Crippen LogP contribution in [-0.2, 0) is 6.54 Å². The summed E-state index contributed by atoms with van der Waals surface area (Å²) in [4.78, 5) is 18.4. The van der Waals surface area contributed by atoms with Gasteiger partial charge in [-0.1, -0.05) is 29.8 Å². The number of nitrogens with zero attached hydrogens (tertiary/aromatic N) is 2. The molecule has 0 aliphatic heterocycles. The van der Waals surface area contributed by atoms with Crippen molar-refractivity contribution in [1.29, 1.82) is 0 Å². The molecule has 0 heterocycles. The molecular formula is C20H26ClIN4O2. The SMILES string of the molecule is CN=C(NCCNC(=O)c1ccc(OC)cc1)N(C)Cc1ccccc1Cl.I. The van der Waals surface area contributed by atoms with Crippen LogP contribution in [0.25, 0.3) is 0 Å². The normalized spacial score (nSPS) is 10.6. The molecule has 0 atom stereocenters. The quantitative estimate of drug-likeness (QED) is 0.256. The highest BCUT2D eigenvalue weighted by molar-refractivity contribution is 14.0. The van der Waals surface area contributed by atoms with E-state index >= 15 is 0 Å². The number of rotatable bonds is 7. The average Bonchev–Trinajstić information content (AvgIpc) is 2.69. The molecule has 0 spiro atoms. The fraction of sp³-hybridized carbons (Fsp3) is 0.300. The molecule has 0 aliphatic carbocycles. The Morgan fingerprint density at radius 3 is 2.36 bits per heavy atom. The number of carbonyl (C=O) groups excluding carboxylic acids is 1. The van der Waals surface area contributed by atoms with Gasteiger partial charge in [-0.25, -0.2) is 0 Å². The molecule has 1 amide bonds. The maximum Gasteiger partial charge on any atom is 0.251 e. The first-order valence-corrected chi connectivity index (χ1v) is 9.00. The van der Waals surface area contributed by atoms with Gasteiger partial charge in [-0.2, -0.15) is 0 Å². The topological polar surface area (TPSA) is 66.0 Å². The van der Waals surface area contributed by atoms with E-state index in [0.29, 0.717) is 25.2 Å². The Bertz CT molecular complexity index is 784. The van der Waals surface area contributed by atoms with Crippen molar-refractivity contribution in [1.82, 2.24) is 15.5 Å². The van der Waals surface area contributed by atoms with E-state index in [1.165, 1.54) is 0 Å². The predicted molar refractivity (Wildman–Crippen MR) is 125 cm³/mol. The van der Waals surface area contributed by atoms with Crippen molar-refractivity contribution < 1.29 is 9.53 Å². The monoisotopic (exact) mass is 516 g/mol. The molecule has 2 rings (SSSR count). The van der Waals surface area contributed by atoms with Gasteiger partial charge in [0.15, 0.2) is 5.96 Å². The number of guanidine groups is 1. The third-order valence-electron chi connectivity index (χ3n) is 3.98. The molecule has 8 heteroatoms. The van der Waals surface area contributed by atoms with Crippen LogP contribution < -0.4 is 15.4 Å². The largest absolute Gasteiger partial charge is 0.497 e. The number of amides is 1. The van der Waals surface area contributed by atoms with Crippen molar-refractivity contribution in [2.45, 2.75) is 6.54 Å². The highest BCUT2D eigenvalue weighted by Crippen LogP contribution is 2.16. The predicted octanol–water partition coefficient (Wildman–Crippen LogP) is 3.40. The van der Waals surface area contributed by atoms with E-state index in [9.17, 15) is 4.79 Å². The Morgan fingerprint density at radius 1 is 1.11 bits per heavy atom. The summed E-state index contributed by atoms with van der Waals surface area (Å²) in [5.41, 5.74) is 1.62. The number of nitrogens with one attached hydrogen (secondary N) is 2. The van der Waals surface area contributed by atoms with Gasteiger partial charge in [0.05, 0.1) is 7.11 Å². The molecule has 0 saturated carbocycles. The third-order valence-corrected chi connectivity index (χ3v) is 4.35. The fourth-order valence-electron chi connectivity index (χ4n) is 2.54. The molecule has 2 aromatic rings. The van der Waals surface area contributed by atoms with Crippen molar-refractivity contribution in [3.8, 4) is 5.75 Å². The van der Waals surface area contributed by atoms with E-state index in [2.05, 4.69) is 15.6 Å². The number of carbonyl (C=O) groups is 1. The second-order valence-corrected chi connectivity index (χ2v) is 6.31. The number of benzene rings is 2. The van der Waals surface area contributed by atoms with Crippen LogP contribution in [0.2, 0.25) is 5.02 Å². The van der Waals surface area contributed by atoms with E-state index in [4.69, 9.17) is 16.3 Å². The first kappa shape index (κ1) is 24.0. The molecule has 2 N–H and O–H groups in total. The minimum Gasteiger partial charge on any atom is -0.497 e. The molecule has 0 bridgehead atoms. The van der Waals surface area contributed by atoms with Crippen LogP contribution in [-0.4, -0.2) is 51.1 Å². The van der Waals surface area contributed by atoms with Crippen LogP contribution in [0.1, 0.15) is 15.9 Å². The summed E-state index contributed by atoms with van der Waals surface area (Å²) in [7, 11) is 5.26. The lowest BCUT2D eigenvalue weighted by Gasteiger charge is -2.22. The molecule has 0 radical (unpaired) electrons. The van der Waals surface area contributed by atoms with Crippen LogP contribution in [0.3, 0.4) is 0 Å². The van der Waals surface area contributed by atoms with Crippen molar-refractivity contribution in [3.05, 3.63) is 64.7 Å². The van der Waals surface area contributed by atoms with Gasteiger partial charge < -0.3 is 20.3 Å². The zero-order chi connectivity index (χ0) is 19.6. The Balaban J connectivity index is 0.00000392. The van der Waals surface area contributed by atoms with Gasteiger partial charge in [-0.3, -0.25) is 9.79 Å². The van der Waals surface area contributed by atoms with Gasteiger partial charge in [-0.05, 0) is 35.9 Å². The van der Waals surface area contributed by atoms with Gasteiger partial charge in [0.2, 0.25) is 0 Å². The van der Waals surface area contributed by atoms with Gasteiger partial charge in [0.25, 0.3) is 5.91 Å². The summed E-state index contributed by atoms with van der Waals surface area (Å²) < 4.78 is 5.09. The molecule has 0 aliphatic rings. The first-order valence-electron chi connectivity index (χ1n) is 8.62. The highest BCUT2D eigenvalue weighted by Gasteiger charge is 2.09. The van der Waals surface area contributed by atoms with E-state index in [-0.39, 0.29) is 29.9 Å². The van der Waals surface area contributed by atoms with Crippen molar-refractivity contribution in [2.75, 3.05) is 34.3 Å². The molecule has 28 heavy (non-hydrogen) atoms. The van der Waals surface area contributed by atoms with Crippen LogP contribution in [0.15, 0.2) is 53.5 Å². The van der Waals surface area contributed by atoms with Crippen molar-refractivity contribution >= 4 is 47.4 Å². The standard InChI is InChI=1S/C20H25ClN4O2.HI/c1-22-20(25(2)14-16-6-4-5-7-18(16)21)24-13-12-23-19(26)15-8-10-17(27-3)11-9-15;/h4-11H,12-14H2,1-3H3,(H,22,24)(H,23,26);1H. The summed E-state index contributed by atoms with van der Waals surface area (Å²) in [5.74, 6) is 1.33. The summed E-state index contributed by atoms with van der Waals surface area (Å²) in [5, 5.41) is 6.84. The summed E-state index contributed by atoms with van der Waals surface area (Å²) >= 11 is 6.21. The lowest BCUT2D eigenvalue weighted by Crippen LogP contribution is -2.42. The number of halogens is 2. The smallest absolute Gasteiger partial charge is 0.251 e. The van der Waals surface area contributed by atoms with Crippen LogP contribution in [0.4, 0.5) is 0 Å². The van der Waals surface area contributed by atoms with E-state index < -0.39 is 0 Å². The van der Waals surface area contributed by atoms with Gasteiger partial charge in [0, 0.05) is 44.3 Å². The Hall–Kier alpha value is -2.00. The second kappa shape index (κ2) is 12.5. The Labute approximate surface area is 188 Å². The Morgan fingerprint density at radius 2 is 1.75 bits per heavy atom. The van der Waals surface area contributed by atoms with Gasteiger partial charge in [-0.15, -0.1) is 24.0 Å². The number of methoxy groups -OCH3 is 1. The first-order chi connectivity index (χ1) is 13.0. The maximum atomic E-state index is 12.1. The molecule has 0 unspecified atom stereocenters. The van der Waals surface area contributed by atoms with Gasteiger partial charge >= 0.3 is 0 Å². The highest BCUT2D eigenvalue weighted by atomic mass is 127. The molecule has 0 fully saturated rings. The Kier molecular flexibility index (Phi) is 10.7. The molecule has 2 aromatic carbocycles. The molecule has 6 nitrogen and oxygen atoms in total. The van der Waals surface area contributed by atoms with Crippen molar-refractivity contribution in [3.63, 3.8) is 0 Å². The minimum atomic E-state index is -0.126. The fourth-order valence-corrected chi connectivity index (χ4v) is 2.73. The summed E-state index contributed by atoms with van der Waals surface area (Å²) in [6, 6.07) is 14.7. The van der Waals surface area contributed by atoms with E-state index in [1.807, 2.05) is 36.2 Å². The second-order valence-electron chi connectivity index (χ2n) is 5.91. The molecule has 0 saturated heterocycles. The molecular weight excluding hydrogens is 491 g/mol. The molecule has 0 aromatic heterocycles. The molecule has 152 valence electrons. The third kappa shape index (κ3) is 7.20. The number of ether oxygens (including phenoxy) is 1. The zero-order valence-electron chi connectivity index (χ0n) is 16.2. The van der Waals surface area contributed by atoms with E-state index in [1.54, 1.807) is 38.4 Å². The number of aliphatic imine (C=N–C) groups is 1. The minimum absolute atomic E-state index is 0. The summed E-state index contributed by atoms with van der Waals surface area (Å²) in [6.07, 6.45) is 0. The maximum absolute atomic E-state index is 12.1. The van der Waals surface area contributed by atoms with Gasteiger partial charge in [0.1, 0.15) is 5.75 Å². The van der Waals surface area contributed by atoms with Crippen LogP contribution in [0, 0.1) is 0 Å². The van der Waals surface area contributed by atoms with Crippen LogP contribution in [0.5, 0.6) is 5.75 Å². The summed E-state index contributed by atoms with van der Waals surface area (Å²) in [6.45, 7) is 1.67. The van der Waals surface area contributed by atoms with Crippen LogP contribution >= 0.6 is 35.6 Å². The lowest BCUT2D eigenvalue weighted by atomic mass is 10.2.